The highest BCUT2D eigenvalue weighted by molar-refractivity contribution is 5.93. The van der Waals surface area contributed by atoms with Crippen LogP contribution in [0.4, 0.5) is 10.5 Å². The minimum atomic E-state index is -0.700. The number of rotatable bonds is 15. The molecule has 0 radical (unpaired) electrons. The Balaban J connectivity index is 0.861. The Morgan fingerprint density at radius 2 is 1.65 bits per heavy atom. The summed E-state index contributed by atoms with van der Waals surface area (Å²) in [6, 6.07) is 9.13. The number of hydrogen-bond donors (Lipinski definition) is 3. The van der Waals surface area contributed by atoms with Gasteiger partial charge in [0, 0.05) is 62.3 Å². The third-order valence-corrected chi connectivity index (χ3v) is 21.8. The molecule has 1 amide bonds. The molecule has 0 heterocycles. The summed E-state index contributed by atoms with van der Waals surface area (Å²) in [5.41, 5.74) is 4.83. The van der Waals surface area contributed by atoms with Crippen molar-refractivity contribution in [1.29, 1.82) is 0 Å². The second kappa shape index (κ2) is 21.2. The van der Waals surface area contributed by atoms with Gasteiger partial charge in [-0.25, -0.2) is 4.79 Å². The molecular formula is C62H92N2O10. The lowest BCUT2D eigenvalue weighted by atomic mass is 9.43. The summed E-state index contributed by atoms with van der Waals surface area (Å²) >= 11 is 0. The van der Waals surface area contributed by atoms with E-state index in [1.54, 1.807) is 5.57 Å². The van der Waals surface area contributed by atoms with Crippen molar-refractivity contribution in [1.82, 2.24) is 5.32 Å². The third kappa shape index (κ3) is 10.4. The molecule has 0 bridgehead atoms. The van der Waals surface area contributed by atoms with Gasteiger partial charge in [0.2, 0.25) is 0 Å². The first-order chi connectivity index (χ1) is 35.0. The van der Waals surface area contributed by atoms with E-state index < -0.39 is 23.4 Å². The van der Waals surface area contributed by atoms with E-state index in [4.69, 9.17) is 18.9 Å². The number of allylic oxidation sites excluding steroid dienone is 4. The molecule has 2 unspecified atom stereocenters. The van der Waals surface area contributed by atoms with Gasteiger partial charge >= 0.3 is 18.0 Å². The molecule has 12 nitrogen and oxygen atoms in total. The molecule has 0 spiro atoms. The van der Waals surface area contributed by atoms with E-state index in [9.17, 15) is 29.4 Å². The molecule has 9 rings (SSSR count). The maximum Gasteiger partial charge on any atom is 0.407 e. The van der Waals surface area contributed by atoms with Crippen LogP contribution < -0.4 is 10.2 Å². The normalized spacial score (nSPS) is 38.7. The first-order valence-corrected chi connectivity index (χ1v) is 29.0. The molecular weight excluding hydrogens is 933 g/mol. The fourth-order valence-corrected chi connectivity index (χ4v) is 17.6. The average Bonchev–Trinajstić information content (AvgIpc) is 3.83. The van der Waals surface area contributed by atoms with E-state index in [1.165, 1.54) is 23.8 Å². The Morgan fingerprint density at radius 3 is 2.38 bits per heavy atom. The van der Waals surface area contributed by atoms with Gasteiger partial charge < -0.3 is 39.4 Å². The number of ketones is 1. The lowest BCUT2D eigenvalue weighted by Gasteiger charge is -2.64. The summed E-state index contributed by atoms with van der Waals surface area (Å²) in [5, 5.41) is 27.0. The van der Waals surface area contributed by atoms with Crippen molar-refractivity contribution in [3.05, 3.63) is 52.6 Å². The molecule has 8 aliphatic rings. The molecule has 0 aliphatic heterocycles. The lowest BCUT2D eigenvalue weighted by Crippen LogP contribution is -2.63. The summed E-state index contributed by atoms with van der Waals surface area (Å²) in [7, 11) is 3.58. The number of nitrogens with zero attached hydrogens (tertiary/aromatic N) is 1. The summed E-state index contributed by atoms with van der Waals surface area (Å²) in [5.74, 6) is 2.16. The Kier molecular flexibility index (Phi) is 15.8. The van der Waals surface area contributed by atoms with Crippen LogP contribution in [0.3, 0.4) is 0 Å². The SMILES string of the molecule is COC(=O)CC[C@@H](C)[C@H]1CC[C@H]2[C@@H]3[C@H](OC(=O)CCCNC(=O)OC(C)(C)C)C[C@@H]4C[C@@H](OCCN(C)c5ccc([C@H]6C[C@@]7(C)C(CC[C@]7(C)O)C7CCC8=CC(=O)CCC8=C76)cc5)CC[C@]4(C)[C@H]3C[C@H](O)[C@]12C. The predicted molar refractivity (Wildman–Crippen MR) is 286 cm³/mol. The lowest BCUT2D eigenvalue weighted by molar-refractivity contribution is -0.219. The van der Waals surface area contributed by atoms with E-state index in [0.29, 0.717) is 50.7 Å². The molecule has 16 atom stereocenters. The molecule has 8 aliphatic carbocycles. The van der Waals surface area contributed by atoms with Crippen LogP contribution in [-0.2, 0) is 33.3 Å². The van der Waals surface area contributed by atoms with Gasteiger partial charge in [0.25, 0.3) is 0 Å². The first-order valence-electron chi connectivity index (χ1n) is 29.0. The number of likely N-dealkylation sites (N-methyl/N-ethyl adjacent to an activating group) is 1. The Labute approximate surface area is 442 Å². The maximum atomic E-state index is 13.9. The molecule has 3 N–H and O–H groups in total. The monoisotopic (exact) mass is 1020 g/mol. The second-order valence-corrected chi connectivity index (χ2v) is 26.8. The number of benzene rings is 1. The number of alkyl carbamates (subject to hydrolysis) is 1. The van der Waals surface area contributed by atoms with Gasteiger partial charge in [0.05, 0.1) is 31.5 Å². The molecule has 0 aromatic heterocycles. The van der Waals surface area contributed by atoms with Gasteiger partial charge in [-0.3, -0.25) is 14.4 Å². The maximum absolute atomic E-state index is 13.9. The zero-order valence-electron chi connectivity index (χ0n) is 46.8. The van der Waals surface area contributed by atoms with E-state index in [2.05, 4.69) is 76.1 Å². The van der Waals surface area contributed by atoms with Crippen molar-refractivity contribution >= 4 is 29.5 Å². The number of carbonyl (C=O) groups is 4. The van der Waals surface area contributed by atoms with Crippen molar-refractivity contribution < 1.29 is 48.3 Å². The topological polar surface area (TPSA) is 161 Å². The van der Waals surface area contributed by atoms with E-state index in [1.807, 2.05) is 26.8 Å². The van der Waals surface area contributed by atoms with Crippen LogP contribution in [0, 0.1) is 63.6 Å². The van der Waals surface area contributed by atoms with Crippen molar-refractivity contribution in [2.75, 3.05) is 38.8 Å². The van der Waals surface area contributed by atoms with Gasteiger partial charge in [-0.2, -0.15) is 0 Å². The van der Waals surface area contributed by atoms with Crippen LogP contribution in [0.2, 0.25) is 0 Å². The molecule has 0 saturated heterocycles. The molecule has 1 aromatic carbocycles. The zero-order valence-corrected chi connectivity index (χ0v) is 46.8. The van der Waals surface area contributed by atoms with Gasteiger partial charge in [0.15, 0.2) is 5.78 Å². The van der Waals surface area contributed by atoms with E-state index in [-0.39, 0.29) is 94.0 Å². The molecule has 410 valence electrons. The number of amides is 1. The van der Waals surface area contributed by atoms with Crippen LogP contribution in [0.25, 0.3) is 0 Å². The summed E-state index contributed by atoms with van der Waals surface area (Å²) < 4.78 is 23.8. The predicted octanol–water partition coefficient (Wildman–Crippen LogP) is 11.2. The number of hydrogen-bond acceptors (Lipinski definition) is 11. The highest BCUT2D eigenvalue weighted by Crippen LogP contribution is 2.70. The number of fused-ring (bicyclic) bond motifs is 9. The third-order valence-electron chi connectivity index (χ3n) is 21.8. The Hall–Kier alpha value is -3.74. The van der Waals surface area contributed by atoms with Crippen molar-refractivity contribution in [2.45, 2.75) is 206 Å². The Morgan fingerprint density at radius 1 is 0.892 bits per heavy atom. The number of ether oxygens (including phenoxy) is 4. The number of carbonyl (C=O) groups excluding carboxylic acids is 4. The number of esters is 2. The van der Waals surface area contributed by atoms with Crippen molar-refractivity contribution in [2.24, 2.45) is 63.6 Å². The molecule has 1 aromatic rings. The van der Waals surface area contributed by atoms with E-state index in [0.717, 1.165) is 95.7 Å². The fourth-order valence-electron chi connectivity index (χ4n) is 17.6. The number of nitrogens with one attached hydrogen (secondary N) is 1. The number of aliphatic hydroxyl groups is 2. The molecule has 12 heteroatoms. The van der Waals surface area contributed by atoms with Crippen LogP contribution in [-0.4, -0.2) is 97.4 Å². The first kappa shape index (κ1) is 55.0. The summed E-state index contributed by atoms with van der Waals surface area (Å²) in [4.78, 5) is 53.2. The van der Waals surface area contributed by atoms with Crippen LogP contribution in [0.1, 0.15) is 182 Å². The van der Waals surface area contributed by atoms with Gasteiger partial charge in [0.1, 0.15) is 11.7 Å². The van der Waals surface area contributed by atoms with Gasteiger partial charge in [-0.1, -0.05) is 45.4 Å². The largest absolute Gasteiger partial charge is 0.469 e. The van der Waals surface area contributed by atoms with Crippen LogP contribution in [0.5, 0.6) is 0 Å². The number of methoxy groups -OCH3 is 1. The quantitative estimate of drug-likeness (QED) is 0.0871. The standard InChI is InChI=1S/C62H92N2O10/c1-37(13-24-53(67)71-10)47-22-23-49-56-50(35-52(66)62(47,49)8)59(5)27-25-43(33-40(59)34-51(56)73-54(68)12-11-29-63-57(69)74-58(2,3)4)72-31-30-64(9)41-17-14-38(15-18-41)46-36-60(6)48(26-28-61(60,7)70)45-20-16-39-32-42(65)19-21-44(39)55(45)46/h14-15,17-18,32,37,40,43,45-52,56,66,70H,11-13,16,19-31,33-36H2,1-10H3,(H,63,69)/t37-,40+,43+,45?,46-,47-,48?,49+,50+,51-,52+,56+,59+,60+,61+,62-/m1/s1. The average molecular weight is 1030 g/mol. The summed E-state index contributed by atoms with van der Waals surface area (Å²) in [6.45, 7) is 18.5. The molecule has 6 saturated carbocycles. The highest BCUT2D eigenvalue weighted by atomic mass is 16.6. The summed E-state index contributed by atoms with van der Waals surface area (Å²) in [6.07, 6.45) is 14.9. The Bertz CT molecular complexity index is 2320. The second-order valence-electron chi connectivity index (χ2n) is 26.8. The zero-order chi connectivity index (χ0) is 53.1. The van der Waals surface area contributed by atoms with Crippen LogP contribution >= 0.6 is 0 Å². The van der Waals surface area contributed by atoms with Gasteiger partial charge in [-0.05, 0) is 211 Å². The minimum absolute atomic E-state index is 0.0366. The minimum Gasteiger partial charge on any atom is -0.469 e. The van der Waals surface area contributed by atoms with Crippen LogP contribution in [0.15, 0.2) is 47.1 Å². The molecule has 6 fully saturated rings. The fraction of sp³-hybridized carbons (Fsp3) is 0.774. The molecule has 74 heavy (non-hydrogen) atoms. The van der Waals surface area contributed by atoms with E-state index >= 15 is 0 Å². The van der Waals surface area contributed by atoms with Gasteiger partial charge in [-0.15, -0.1) is 0 Å². The van der Waals surface area contributed by atoms with Crippen molar-refractivity contribution in [3.8, 4) is 0 Å². The number of aliphatic hydroxyl groups excluding tert-OH is 1. The highest BCUT2D eigenvalue weighted by Gasteiger charge is 2.67. The smallest absolute Gasteiger partial charge is 0.407 e. The van der Waals surface area contributed by atoms with Crippen molar-refractivity contribution in [3.63, 3.8) is 0 Å². The number of anilines is 1.